The van der Waals surface area contributed by atoms with E-state index in [4.69, 9.17) is 11.6 Å². The number of piperidine rings is 1. The first-order chi connectivity index (χ1) is 13.9. The van der Waals surface area contributed by atoms with Gasteiger partial charge >= 0.3 is 0 Å². The zero-order valence-electron chi connectivity index (χ0n) is 15.1. The number of benzene rings is 1. The van der Waals surface area contributed by atoms with E-state index in [0.29, 0.717) is 33.0 Å². The SMILES string of the molecule is O=C(Nc1ccc(Cl)cc1)c1nnc([C@H]2CCCN(S(=O)(=O)c3cccs3)C2)s1. The molecule has 0 radical (unpaired) electrons. The molecule has 1 amide bonds. The van der Waals surface area contributed by atoms with E-state index in [2.05, 4.69) is 15.5 Å². The Bertz CT molecular complexity index is 1100. The molecule has 11 heteroatoms. The molecule has 1 saturated heterocycles. The molecule has 1 aliphatic rings. The third kappa shape index (κ3) is 4.51. The molecule has 4 rings (SSSR count). The maximum atomic E-state index is 12.8. The summed E-state index contributed by atoms with van der Waals surface area (Å²) in [6.45, 7) is 0.827. The summed E-state index contributed by atoms with van der Waals surface area (Å²) in [6, 6.07) is 10.1. The Hall–Kier alpha value is -1.85. The molecule has 7 nitrogen and oxygen atoms in total. The number of carbonyl (C=O) groups excluding carboxylic acids is 1. The van der Waals surface area contributed by atoms with Gasteiger partial charge in [-0.15, -0.1) is 21.5 Å². The van der Waals surface area contributed by atoms with E-state index < -0.39 is 10.0 Å². The highest BCUT2D eigenvalue weighted by Crippen LogP contribution is 2.33. The fourth-order valence-corrected chi connectivity index (χ4v) is 6.77. The Kier molecular flexibility index (Phi) is 5.98. The van der Waals surface area contributed by atoms with Crippen molar-refractivity contribution in [3.8, 4) is 0 Å². The molecule has 0 aliphatic carbocycles. The molecule has 152 valence electrons. The van der Waals surface area contributed by atoms with Crippen LogP contribution in [0.2, 0.25) is 5.02 Å². The average molecular weight is 469 g/mol. The van der Waals surface area contributed by atoms with Crippen molar-refractivity contribution in [2.24, 2.45) is 0 Å². The highest BCUT2D eigenvalue weighted by Gasteiger charge is 2.33. The van der Waals surface area contributed by atoms with E-state index in [1.807, 2.05) is 0 Å². The van der Waals surface area contributed by atoms with Gasteiger partial charge in [0.2, 0.25) is 5.01 Å². The summed E-state index contributed by atoms with van der Waals surface area (Å²) < 4.78 is 27.4. The third-order valence-electron chi connectivity index (χ3n) is 4.56. The van der Waals surface area contributed by atoms with E-state index in [-0.39, 0.29) is 16.8 Å². The van der Waals surface area contributed by atoms with Crippen molar-refractivity contribution < 1.29 is 13.2 Å². The van der Waals surface area contributed by atoms with Crippen LogP contribution in [0.4, 0.5) is 5.69 Å². The molecule has 1 atom stereocenters. The lowest BCUT2D eigenvalue weighted by Gasteiger charge is -2.30. The summed E-state index contributed by atoms with van der Waals surface area (Å²) in [7, 11) is -3.50. The minimum Gasteiger partial charge on any atom is -0.320 e. The zero-order chi connectivity index (χ0) is 20.4. The van der Waals surface area contributed by atoms with E-state index in [1.165, 1.54) is 27.0 Å². The number of halogens is 1. The van der Waals surface area contributed by atoms with Crippen LogP contribution in [0.5, 0.6) is 0 Å². The van der Waals surface area contributed by atoms with E-state index in [1.54, 1.807) is 41.8 Å². The monoisotopic (exact) mass is 468 g/mol. The fourth-order valence-electron chi connectivity index (χ4n) is 3.11. The third-order valence-corrected chi connectivity index (χ3v) is 9.13. The van der Waals surface area contributed by atoms with E-state index >= 15 is 0 Å². The molecule has 29 heavy (non-hydrogen) atoms. The molecule has 3 heterocycles. The molecular weight excluding hydrogens is 452 g/mol. The van der Waals surface area contributed by atoms with Gasteiger partial charge < -0.3 is 5.32 Å². The Morgan fingerprint density at radius 2 is 2.00 bits per heavy atom. The summed E-state index contributed by atoms with van der Waals surface area (Å²) in [6.07, 6.45) is 1.55. The van der Waals surface area contributed by atoms with E-state index in [9.17, 15) is 13.2 Å². The molecule has 2 aromatic heterocycles. The lowest BCUT2D eigenvalue weighted by molar-refractivity contribution is 0.102. The number of carbonyl (C=O) groups is 1. The van der Waals surface area contributed by atoms with Crippen LogP contribution >= 0.6 is 34.3 Å². The lowest BCUT2D eigenvalue weighted by atomic mass is 10.0. The summed E-state index contributed by atoms with van der Waals surface area (Å²) in [4.78, 5) is 12.4. The molecule has 0 unspecified atom stereocenters. The van der Waals surface area contributed by atoms with Gasteiger partial charge in [-0.05, 0) is 48.6 Å². The van der Waals surface area contributed by atoms with Crippen molar-refractivity contribution in [2.45, 2.75) is 23.0 Å². The summed E-state index contributed by atoms with van der Waals surface area (Å²) >= 11 is 8.27. The number of nitrogens with zero attached hydrogens (tertiary/aromatic N) is 3. The van der Waals surface area contributed by atoms with Gasteiger partial charge in [0, 0.05) is 29.7 Å². The first kappa shape index (κ1) is 20.4. The highest BCUT2D eigenvalue weighted by molar-refractivity contribution is 7.91. The van der Waals surface area contributed by atoms with Crippen molar-refractivity contribution in [3.05, 3.63) is 56.8 Å². The molecule has 0 spiro atoms. The highest BCUT2D eigenvalue weighted by atomic mass is 35.5. The van der Waals surface area contributed by atoms with Gasteiger partial charge in [-0.3, -0.25) is 4.79 Å². The van der Waals surface area contributed by atoms with Crippen molar-refractivity contribution in [1.29, 1.82) is 0 Å². The molecule has 1 fully saturated rings. The van der Waals surface area contributed by atoms with Crippen molar-refractivity contribution in [3.63, 3.8) is 0 Å². The van der Waals surface area contributed by atoms with Crippen LogP contribution in [-0.2, 0) is 10.0 Å². The number of aromatic nitrogens is 2. The van der Waals surface area contributed by atoms with Gasteiger partial charge in [0.05, 0.1) is 0 Å². The maximum absolute atomic E-state index is 12.8. The largest absolute Gasteiger partial charge is 0.320 e. The van der Waals surface area contributed by atoms with Crippen LogP contribution in [0.25, 0.3) is 0 Å². The predicted octanol–water partition coefficient (Wildman–Crippen LogP) is 4.07. The predicted molar refractivity (Wildman–Crippen MR) is 114 cm³/mol. The topological polar surface area (TPSA) is 92.3 Å². The minimum atomic E-state index is -3.50. The minimum absolute atomic E-state index is 0.0759. The molecule has 1 aliphatic heterocycles. The molecule has 0 bridgehead atoms. The number of amides is 1. The van der Waals surface area contributed by atoms with Crippen molar-refractivity contribution in [2.75, 3.05) is 18.4 Å². The quantitative estimate of drug-likeness (QED) is 0.609. The number of thiophene rings is 1. The summed E-state index contributed by atoms with van der Waals surface area (Å²) in [5.41, 5.74) is 0.613. The number of rotatable bonds is 5. The molecule has 3 aromatic rings. The number of anilines is 1. The van der Waals surface area contributed by atoms with Crippen LogP contribution in [0.15, 0.2) is 46.0 Å². The van der Waals surface area contributed by atoms with E-state index in [0.717, 1.165) is 12.8 Å². The number of sulfonamides is 1. The van der Waals surface area contributed by atoms with Crippen LogP contribution in [0, 0.1) is 0 Å². The summed E-state index contributed by atoms with van der Waals surface area (Å²) in [5, 5.41) is 14.2. The van der Waals surface area contributed by atoms with Gasteiger partial charge in [-0.2, -0.15) is 4.31 Å². The Morgan fingerprint density at radius 3 is 2.72 bits per heavy atom. The molecule has 0 saturated carbocycles. The second kappa shape index (κ2) is 8.49. The Balaban J connectivity index is 1.46. The normalized spacial score (nSPS) is 17.9. The molecular formula is C18H17ClN4O3S3. The molecule has 1 aromatic carbocycles. The second-order valence-corrected chi connectivity index (χ2v) is 11.1. The van der Waals surface area contributed by atoms with Crippen LogP contribution < -0.4 is 5.32 Å². The second-order valence-electron chi connectivity index (χ2n) is 6.54. The summed E-state index contributed by atoms with van der Waals surface area (Å²) in [5.74, 6) is -0.428. The first-order valence-electron chi connectivity index (χ1n) is 8.87. The van der Waals surface area contributed by atoms with Crippen LogP contribution in [-0.4, -0.2) is 41.9 Å². The van der Waals surface area contributed by atoms with Gasteiger partial charge in [-0.25, -0.2) is 8.42 Å². The number of hydrogen-bond donors (Lipinski definition) is 1. The fraction of sp³-hybridized carbons (Fsp3) is 0.278. The maximum Gasteiger partial charge on any atom is 0.286 e. The zero-order valence-corrected chi connectivity index (χ0v) is 18.3. The number of hydrogen-bond acceptors (Lipinski definition) is 7. The van der Waals surface area contributed by atoms with Gasteiger partial charge in [0.1, 0.15) is 9.22 Å². The number of nitrogens with one attached hydrogen (secondary N) is 1. The van der Waals surface area contributed by atoms with Gasteiger partial charge in [-0.1, -0.05) is 29.0 Å². The van der Waals surface area contributed by atoms with Gasteiger partial charge in [0.25, 0.3) is 15.9 Å². The van der Waals surface area contributed by atoms with Gasteiger partial charge in [0.15, 0.2) is 0 Å². The first-order valence-corrected chi connectivity index (χ1v) is 12.4. The lowest BCUT2D eigenvalue weighted by Crippen LogP contribution is -2.38. The van der Waals surface area contributed by atoms with Crippen LogP contribution in [0.1, 0.15) is 33.6 Å². The average Bonchev–Trinajstić information content (AvgIpc) is 3.42. The Morgan fingerprint density at radius 1 is 1.21 bits per heavy atom. The van der Waals surface area contributed by atoms with Crippen molar-refractivity contribution >= 4 is 55.9 Å². The van der Waals surface area contributed by atoms with Crippen molar-refractivity contribution in [1.82, 2.24) is 14.5 Å². The standard InChI is InChI=1S/C18H17ClN4O3S3/c19-13-5-7-14(8-6-13)20-16(24)18-22-21-17(28-18)12-3-1-9-23(11-12)29(25,26)15-4-2-10-27-15/h2,4-8,10,12H,1,3,9,11H2,(H,20,24)/t12-/m0/s1. The smallest absolute Gasteiger partial charge is 0.286 e. The molecule has 1 N–H and O–H groups in total. The Labute approximate surface area is 181 Å². The van der Waals surface area contributed by atoms with Crippen LogP contribution in [0.3, 0.4) is 0 Å².